The maximum atomic E-state index is 13.1. The van der Waals surface area contributed by atoms with Gasteiger partial charge in [-0.3, -0.25) is 0 Å². The minimum atomic E-state index is -1.29. The lowest BCUT2D eigenvalue weighted by atomic mass is 10.1. The Labute approximate surface area is 86.5 Å². The summed E-state index contributed by atoms with van der Waals surface area (Å²) >= 11 is 0. The van der Waals surface area contributed by atoms with E-state index in [0.29, 0.717) is 18.5 Å². The lowest BCUT2D eigenvalue weighted by Crippen LogP contribution is -2.13. The Kier molecular flexibility index (Phi) is 3.94. The molecule has 15 heavy (non-hydrogen) atoms. The van der Waals surface area contributed by atoms with Crippen LogP contribution in [-0.2, 0) is 0 Å². The number of halogens is 3. The van der Waals surface area contributed by atoms with E-state index < -0.39 is 17.6 Å². The average molecular weight is 218 g/mol. The molecule has 0 aliphatic carbocycles. The molecule has 0 saturated carbocycles. The van der Waals surface area contributed by atoms with Gasteiger partial charge in [-0.1, -0.05) is 20.3 Å². The van der Waals surface area contributed by atoms with Crippen LogP contribution in [-0.4, -0.2) is 11.5 Å². The number of rotatable bonds is 4. The van der Waals surface area contributed by atoms with Crippen LogP contribution >= 0.6 is 0 Å². The van der Waals surface area contributed by atoms with Crippen molar-refractivity contribution in [1.29, 1.82) is 0 Å². The number of hydrogen-bond acceptors (Lipinski definition) is 2. The van der Waals surface area contributed by atoms with Crippen molar-refractivity contribution in [3.05, 3.63) is 23.6 Å². The second-order valence-electron chi connectivity index (χ2n) is 3.49. The molecule has 1 rings (SSSR count). The van der Waals surface area contributed by atoms with E-state index in [4.69, 9.17) is 0 Å². The lowest BCUT2D eigenvalue weighted by molar-refractivity contribution is 0.465. The first kappa shape index (κ1) is 11.8. The van der Waals surface area contributed by atoms with Crippen molar-refractivity contribution in [3.8, 4) is 0 Å². The van der Waals surface area contributed by atoms with Crippen LogP contribution in [0, 0.1) is 23.5 Å². The second-order valence-corrected chi connectivity index (χ2v) is 3.49. The molecule has 1 aromatic rings. The number of anilines is 1. The topological polar surface area (TPSA) is 24.9 Å². The van der Waals surface area contributed by atoms with Crippen molar-refractivity contribution in [2.45, 2.75) is 20.3 Å². The third kappa shape index (κ3) is 3.11. The molecule has 0 bridgehead atoms. The predicted molar refractivity (Wildman–Crippen MR) is 52.1 cm³/mol. The van der Waals surface area contributed by atoms with E-state index in [2.05, 4.69) is 10.3 Å². The van der Waals surface area contributed by atoms with E-state index in [1.807, 2.05) is 13.8 Å². The first-order chi connectivity index (χ1) is 7.04. The zero-order chi connectivity index (χ0) is 11.4. The van der Waals surface area contributed by atoms with Gasteiger partial charge in [-0.2, -0.15) is 9.37 Å². The number of nitrogens with one attached hydrogen (secondary N) is 1. The largest absolute Gasteiger partial charge is 0.367 e. The van der Waals surface area contributed by atoms with Crippen LogP contribution in [0.4, 0.5) is 19.0 Å². The molecule has 0 aliphatic heterocycles. The van der Waals surface area contributed by atoms with Crippen molar-refractivity contribution in [2.75, 3.05) is 11.9 Å². The van der Waals surface area contributed by atoms with Gasteiger partial charge in [-0.25, -0.2) is 8.78 Å². The monoisotopic (exact) mass is 218 g/mol. The molecule has 0 fully saturated rings. The van der Waals surface area contributed by atoms with Crippen molar-refractivity contribution in [1.82, 2.24) is 4.98 Å². The third-order valence-corrected chi connectivity index (χ3v) is 2.20. The highest BCUT2D eigenvalue weighted by Gasteiger charge is 2.11. The molecule has 1 unspecified atom stereocenters. The summed E-state index contributed by atoms with van der Waals surface area (Å²) in [6.07, 6.45) is 0.915. The molecule has 0 aromatic carbocycles. The molecule has 0 saturated heterocycles. The quantitative estimate of drug-likeness (QED) is 0.786. The Morgan fingerprint density at radius 2 is 2.00 bits per heavy atom. The van der Waals surface area contributed by atoms with Gasteiger partial charge in [0.2, 0.25) is 0 Å². The lowest BCUT2D eigenvalue weighted by Gasteiger charge is -2.11. The van der Waals surface area contributed by atoms with Gasteiger partial charge in [-0.15, -0.1) is 0 Å². The van der Waals surface area contributed by atoms with Crippen LogP contribution in [0.25, 0.3) is 0 Å². The summed E-state index contributed by atoms with van der Waals surface area (Å²) in [5.41, 5.74) is 0. The molecule has 0 amide bonds. The van der Waals surface area contributed by atoms with Gasteiger partial charge in [-0.05, 0) is 5.92 Å². The number of hydrogen-bond donors (Lipinski definition) is 1. The summed E-state index contributed by atoms with van der Waals surface area (Å²) in [6.45, 7) is 4.43. The van der Waals surface area contributed by atoms with E-state index in [9.17, 15) is 13.2 Å². The van der Waals surface area contributed by atoms with Gasteiger partial charge >= 0.3 is 0 Å². The minimum absolute atomic E-state index is 0.241. The SMILES string of the molecule is CCC(C)CNc1nc(F)c(F)cc1F. The van der Waals surface area contributed by atoms with Gasteiger partial charge in [0.15, 0.2) is 17.5 Å². The number of nitrogens with zero attached hydrogens (tertiary/aromatic N) is 1. The molecular weight excluding hydrogens is 205 g/mol. The average Bonchev–Trinajstić information content (AvgIpc) is 2.21. The minimum Gasteiger partial charge on any atom is -0.367 e. The van der Waals surface area contributed by atoms with Gasteiger partial charge in [0.25, 0.3) is 5.95 Å². The maximum absolute atomic E-state index is 13.1. The third-order valence-electron chi connectivity index (χ3n) is 2.20. The van der Waals surface area contributed by atoms with E-state index in [1.165, 1.54) is 0 Å². The Hall–Kier alpha value is -1.26. The zero-order valence-corrected chi connectivity index (χ0v) is 8.65. The van der Waals surface area contributed by atoms with E-state index in [-0.39, 0.29) is 5.82 Å². The van der Waals surface area contributed by atoms with E-state index in [1.54, 1.807) is 0 Å². The van der Waals surface area contributed by atoms with E-state index >= 15 is 0 Å². The molecule has 0 spiro atoms. The van der Waals surface area contributed by atoms with Crippen LogP contribution in [0.3, 0.4) is 0 Å². The Morgan fingerprint density at radius 3 is 2.60 bits per heavy atom. The van der Waals surface area contributed by atoms with Crippen LogP contribution in [0.1, 0.15) is 20.3 Å². The first-order valence-electron chi connectivity index (χ1n) is 4.80. The highest BCUT2D eigenvalue weighted by molar-refractivity contribution is 5.36. The summed E-state index contributed by atoms with van der Waals surface area (Å²) in [7, 11) is 0. The fraction of sp³-hybridized carbons (Fsp3) is 0.500. The molecule has 2 nitrogen and oxygen atoms in total. The maximum Gasteiger partial charge on any atom is 0.251 e. The van der Waals surface area contributed by atoms with Gasteiger partial charge in [0.05, 0.1) is 0 Å². The second kappa shape index (κ2) is 5.00. The van der Waals surface area contributed by atoms with Crippen molar-refractivity contribution in [2.24, 2.45) is 5.92 Å². The number of aromatic nitrogens is 1. The fourth-order valence-electron chi connectivity index (χ4n) is 0.983. The summed E-state index contributed by atoms with van der Waals surface area (Å²) in [5, 5.41) is 2.64. The van der Waals surface area contributed by atoms with Crippen LogP contribution in [0.15, 0.2) is 6.07 Å². The normalized spacial score (nSPS) is 12.6. The smallest absolute Gasteiger partial charge is 0.251 e. The molecule has 0 aliphatic rings. The zero-order valence-electron chi connectivity index (χ0n) is 8.65. The predicted octanol–water partition coefficient (Wildman–Crippen LogP) is 2.96. The molecular formula is C10H13F3N2. The first-order valence-corrected chi connectivity index (χ1v) is 4.80. The standard InChI is InChI=1S/C10H13F3N2/c1-3-6(2)5-14-10-8(12)4-7(11)9(13)15-10/h4,6H,3,5H2,1-2H3,(H,14,15). The van der Waals surface area contributed by atoms with Gasteiger partial charge in [0.1, 0.15) is 0 Å². The van der Waals surface area contributed by atoms with Crippen LogP contribution in [0.5, 0.6) is 0 Å². The van der Waals surface area contributed by atoms with Crippen molar-refractivity contribution < 1.29 is 13.2 Å². The molecule has 1 atom stereocenters. The molecule has 1 heterocycles. The van der Waals surface area contributed by atoms with E-state index in [0.717, 1.165) is 6.42 Å². The Bertz CT molecular complexity index is 342. The van der Waals surface area contributed by atoms with Crippen LogP contribution < -0.4 is 5.32 Å². The summed E-state index contributed by atoms with van der Waals surface area (Å²) in [5.74, 6) is -3.37. The Balaban J connectivity index is 2.73. The number of pyridine rings is 1. The summed E-state index contributed by atoms with van der Waals surface area (Å²) < 4.78 is 38.2. The molecule has 1 aromatic heterocycles. The van der Waals surface area contributed by atoms with Crippen LogP contribution in [0.2, 0.25) is 0 Å². The van der Waals surface area contributed by atoms with Crippen molar-refractivity contribution >= 4 is 5.82 Å². The molecule has 5 heteroatoms. The fourth-order valence-corrected chi connectivity index (χ4v) is 0.983. The molecule has 0 radical (unpaired) electrons. The Morgan fingerprint density at radius 1 is 1.33 bits per heavy atom. The molecule has 1 N–H and O–H groups in total. The van der Waals surface area contributed by atoms with Gasteiger partial charge < -0.3 is 5.32 Å². The van der Waals surface area contributed by atoms with Crippen molar-refractivity contribution in [3.63, 3.8) is 0 Å². The van der Waals surface area contributed by atoms with Gasteiger partial charge in [0, 0.05) is 12.6 Å². The highest BCUT2D eigenvalue weighted by Crippen LogP contribution is 2.14. The summed E-state index contributed by atoms with van der Waals surface area (Å²) in [4.78, 5) is 3.15. The molecule has 84 valence electrons. The summed E-state index contributed by atoms with van der Waals surface area (Å²) in [6, 6.07) is 0.487. The highest BCUT2D eigenvalue weighted by atomic mass is 19.2.